The fraction of sp³-hybridized carbons (Fsp3) is 0.625. The number of rotatable bonds is 2. The van der Waals surface area contributed by atoms with Crippen molar-refractivity contribution < 1.29 is 9.53 Å². The Balaban J connectivity index is 2.43. The van der Waals surface area contributed by atoms with E-state index in [0.717, 1.165) is 18.6 Å². The van der Waals surface area contributed by atoms with Gasteiger partial charge in [-0.25, -0.2) is 0 Å². The first kappa shape index (κ1) is 7.32. The van der Waals surface area contributed by atoms with Gasteiger partial charge >= 0.3 is 0 Å². The van der Waals surface area contributed by atoms with Gasteiger partial charge in [0.25, 0.3) is 6.47 Å². The van der Waals surface area contributed by atoms with Crippen LogP contribution in [0.5, 0.6) is 0 Å². The summed E-state index contributed by atoms with van der Waals surface area (Å²) in [5.41, 5.74) is 0. The van der Waals surface area contributed by atoms with Gasteiger partial charge in [-0.05, 0) is 24.8 Å². The van der Waals surface area contributed by atoms with Crippen LogP contribution < -0.4 is 0 Å². The van der Waals surface area contributed by atoms with E-state index in [2.05, 4.69) is 6.92 Å². The lowest BCUT2D eigenvalue weighted by Crippen LogP contribution is -2.04. The number of carbonyl (C=O) groups is 1. The number of hydrogen-bond acceptors (Lipinski definition) is 2. The van der Waals surface area contributed by atoms with Gasteiger partial charge in [0.05, 0.1) is 0 Å². The predicted octanol–water partition coefficient (Wildman–Crippen LogP) is 1.86. The van der Waals surface area contributed by atoms with E-state index in [4.69, 9.17) is 4.74 Å². The maximum Gasteiger partial charge on any atom is 0.298 e. The van der Waals surface area contributed by atoms with Crippen molar-refractivity contribution in [3.8, 4) is 0 Å². The van der Waals surface area contributed by atoms with E-state index in [0.29, 0.717) is 12.4 Å². The Labute approximate surface area is 60.9 Å². The number of hydrogen-bond donors (Lipinski definition) is 0. The Kier molecular flexibility index (Phi) is 2.49. The van der Waals surface area contributed by atoms with Gasteiger partial charge in [0.2, 0.25) is 0 Å². The zero-order valence-corrected chi connectivity index (χ0v) is 6.17. The minimum atomic E-state index is 0.504. The van der Waals surface area contributed by atoms with Crippen LogP contribution in [0.25, 0.3) is 0 Å². The molecule has 2 nitrogen and oxygen atoms in total. The summed E-state index contributed by atoms with van der Waals surface area (Å²) in [5.74, 6) is 1.51. The first-order chi connectivity index (χ1) is 4.83. The van der Waals surface area contributed by atoms with E-state index in [-0.39, 0.29) is 0 Å². The third kappa shape index (κ3) is 1.87. The Morgan fingerprint density at radius 2 is 2.60 bits per heavy atom. The van der Waals surface area contributed by atoms with Crippen LogP contribution in [0.4, 0.5) is 0 Å². The second-order valence-electron chi connectivity index (χ2n) is 2.77. The summed E-state index contributed by atoms with van der Waals surface area (Å²) >= 11 is 0. The second kappa shape index (κ2) is 3.40. The van der Waals surface area contributed by atoms with E-state index in [1.165, 1.54) is 6.42 Å². The van der Waals surface area contributed by atoms with Gasteiger partial charge in [0.1, 0.15) is 5.76 Å². The Bertz CT molecular complexity index is 149. The standard InChI is InChI=1S/C8H12O2/c1-7-3-2-4-8(5-7)10-6-9/h4,6-7H,2-3,5H2,1H3. The van der Waals surface area contributed by atoms with Gasteiger partial charge in [-0.15, -0.1) is 0 Å². The smallest absolute Gasteiger partial charge is 0.298 e. The lowest BCUT2D eigenvalue weighted by molar-refractivity contribution is -0.125. The normalized spacial score (nSPS) is 25.3. The highest BCUT2D eigenvalue weighted by Crippen LogP contribution is 2.23. The fourth-order valence-corrected chi connectivity index (χ4v) is 1.22. The van der Waals surface area contributed by atoms with Gasteiger partial charge in [-0.2, -0.15) is 0 Å². The van der Waals surface area contributed by atoms with Gasteiger partial charge < -0.3 is 4.74 Å². The van der Waals surface area contributed by atoms with Crippen molar-refractivity contribution in [2.24, 2.45) is 5.92 Å². The van der Waals surface area contributed by atoms with E-state index in [1.54, 1.807) is 0 Å². The molecule has 0 bridgehead atoms. The van der Waals surface area contributed by atoms with Crippen molar-refractivity contribution >= 4 is 6.47 Å². The third-order valence-corrected chi connectivity index (χ3v) is 1.78. The first-order valence-electron chi connectivity index (χ1n) is 3.62. The van der Waals surface area contributed by atoms with Crippen LogP contribution in [0.15, 0.2) is 11.8 Å². The molecule has 1 aliphatic carbocycles. The van der Waals surface area contributed by atoms with Gasteiger partial charge in [0, 0.05) is 6.42 Å². The summed E-state index contributed by atoms with van der Waals surface area (Å²) in [5, 5.41) is 0. The summed E-state index contributed by atoms with van der Waals surface area (Å²) < 4.78 is 4.73. The number of carbonyl (C=O) groups excluding carboxylic acids is 1. The van der Waals surface area contributed by atoms with Crippen LogP contribution in [0.1, 0.15) is 26.2 Å². The molecule has 0 spiro atoms. The topological polar surface area (TPSA) is 26.3 Å². The summed E-state index contributed by atoms with van der Waals surface area (Å²) in [6.07, 6.45) is 5.17. The molecule has 0 amide bonds. The SMILES string of the molecule is CC1CCC=C(OC=O)C1. The maximum atomic E-state index is 9.92. The van der Waals surface area contributed by atoms with Crippen LogP contribution in [0.2, 0.25) is 0 Å². The summed E-state index contributed by atoms with van der Waals surface area (Å²) in [4.78, 5) is 9.92. The van der Waals surface area contributed by atoms with Gasteiger partial charge in [-0.1, -0.05) is 6.92 Å². The molecule has 0 aromatic rings. The minimum Gasteiger partial charge on any atom is -0.434 e. The van der Waals surface area contributed by atoms with Crippen molar-refractivity contribution in [2.75, 3.05) is 0 Å². The zero-order chi connectivity index (χ0) is 7.40. The van der Waals surface area contributed by atoms with Crippen molar-refractivity contribution in [3.63, 3.8) is 0 Å². The summed E-state index contributed by atoms with van der Waals surface area (Å²) in [7, 11) is 0. The fourth-order valence-electron chi connectivity index (χ4n) is 1.22. The molecule has 56 valence electrons. The molecule has 0 aromatic heterocycles. The predicted molar refractivity (Wildman–Crippen MR) is 38.2 cm³/mol. The highest BCUT2D eigenvalue weighted by atomic mass is 16.5. The molecule has 0 saturated heterocycles. The van der Waals surface area contributed by atoms with Crippen molar-refractivity contribution in [2.45, 2.75) is 26.2 Å². The molecule has 10 heavy (non-hydrogen) atoms. The second-order valence-corrected chi connectivity index (χ2v) is 2.77. The molecular weight excluding hydrogens is 128 g/mol. The molecule has 1 unspecified atom stereocenters. The van der Waals surface area contributed by atoms with Crippen LogP contribution >= 0.6 is 0 Å². The quantitative estimate of drug-likeness (QED) is 0.547. The lowest BCUT2D eigenvalue weighted by atomic mass is 9.95. The van der Waals surface area contributed by atoms with Crippen molar-refractivity contribution in [1.29, 1.82) is 0 Å². The van der Waals surface area contributed by atoms with Crippen LogP contribution in [0.3, 0.4) is 0 Å². The van der Waals surface area contributed by atoms with E-state index < -0.39 is 0 Å². The number of allylic oxidation sites excluding steroid dienone is 2. The van der Waals surface area contributed by atoms with Crippen molar-refractivity contribution in [1.82, 2.24) is 0 Å². The molecule has 2 heteroatoms. The zero-order valence-electron chi connectivity index (χ0n) is 6.17. The van der Waals surface area contributed by atoms with Crippen LogP contribution in [0, 0.1) is 5.92 Å². The molecule has 0 radical (unpaired) electrons. The molecule has 1 rings (SSSR count). The minimum absolute atomic E-state index is 0.504. The molecule has 0 N–H and O–H groups in total. The number of ether oxygens (including phenoxy) is 1. The molecule has 0 saturated carbocycles. The average molecular weight is 140 g/mol. The molecule has 0 heterocycles. The Hall–Kier alpha value is -0.790. The molecule has 0 aromatic carbocycles. The van der Waals surface area contributed by atoms with Gasteiger partial charge in [0.15, 0.2) is 0 Å². The van der Waals surface area contributed by atoms with Gasteiger partial charge in [-0.3, -0.25) is 4.79 Å². The molecule has 0 aliphatic heterocycles. The van der Waals surface area contributed by atoms with E-state index in [1.807, 2.05) is 6.08 Å². The van der Waals surface area contributed by atoms with Crippen molar-refractivity contribution in [3.05, 3.63) is 11.8 Å². The maximum absolute atomic E-state index is 9.92. The molecule has 1 atom stereocenters. The molecular formula is C8H12O2. The highest BCUT2D eigenvalue weighted by Gasteiger charge is 2.10. The largest absolute Gasteiger partial charge is 0.434 e. The Morgan fingerprint density at radius 1 is 1.80 bits per heavy atom. The lowest BCUT2D eigenvalue weighted by Gasteiger charge is -2.16. The summed E-state index contributed by atoms with van der Waals surface area (Å²) in [6, 6.07) is 0. The third-order valence-electron chi connectivity index (χ3n) is 1.78. The monoisotopic (exact) mass is 140 g/mol. The molecule has 1 aliphatic rings. The molecule has 0 fully saturated rings. The van der Waals surface area contributed by atoms with E-state index in [9.17, 15) is 4.79 Å². The highest BCUT2D eigenvalue weighted by molar-refractivity contribution is 5.40. The summed E-state index contributed by atoms with van der Waals surface area (Å²) in [6.45, 7) is 2.67. The Morgan fingerprint density at radius 3 is 3.20 bits per heavy atom. The van der Waals surface area contributed by atoms with E-state index >= 15 is 0 Å². The first-order valence-corrected chi connectivity index (χ1v) is 3.62. The average Bonchev–Trinajstić information content (AvgIpc) is 1.88. The van der Waals surface area contributed by atoms with Crippen LogP contribution in [-0.2, 0) is 9.53 Å². The van der Waals surface area contributed by atoms with Crippen LogP contribution in [-0.4, -0.2) is 6.47 Å².